The van der Waals surface area contributed by atoms with Gasteiger partial charge in [0.1, 0.15) is 4.90 Å². The van der Waals surface area contributed by atoms with E-state index in [0.29, 0.717) is 11.2 Å². The van der Waals surface area contributed by atoms with E-state index in [9.17, 15) is 13.2 Å². The number of hydrogen-bond donors (Lipinski definition) is 1. The van der Waals surface area contributed by atoms with E-state index in [2.05, 4.69) is 19.8 Å². The van der Waals surface area contributed by atoms with Gasteiger partial charge in [-0.2, -0.15) is 5.10 Å². The Morgan fingerprint density at radius 3 is 2.69 bits per heavy atom. The maximum Gasteiger partial charge on any atom is 0.267 e. The number of aromatic nitrogens is 4. The maximum atomic E-state index is 13.2. The minimum absolute atomic E-state index is 0.0747. The lowest BCUT2D eigenvalue weighted by atomic mass is 10.2. The van der Waals surface area contributed by atoms with Gasteiger partial charge in [0, 0.05) is 35.6 Å². The zero-order chi connectivity index (χ0) is 22.1. The van der Waals surface area contributed by atoms with Gasteiger partial charge in [-0.15, -0.1) is 0 Å². The molecular weight excluding hydrogens is 430 g/mol. The third-order valence-corrected chi connectivity index (χ3v) is 6.86. The molecule has 162 valence electrons. The number of nitrogens with one attached hydrogen (secondary N) is 1. The van der Waals surface area contributed by atoms with Gasteiger partial charge in [0.15, 0.2) is 0 Å². The largest absolute Gasteiger partial charge is 0.377 e. The van der Waals surface area contributed by atoms with Crippen LogP contribution in [0.2, 0.25) is 0 Å². The van der Waals surface area contributed by atoms with Crippen LogP contribution in [-0.4, -0.2) is 47.4 Å². The van der Waals surface area contributed by atoms with Gasteiger partial charge in [0.25, 0.3) is 5.56 Å². The highest BCUT2D eigenvalue weighted by Crippen LogP contribution is 2.24. The van der Waals surface area contributed by atoms with Crippen LogP contribution in [0.4, 0.5) is 0 Å². The normalized spacial score (nSPS) is 18.8. The molecule has 0 amide bonds. The Kier molecular flexibility index (Phi) is 5.25. The average molecular weight is 449 g/mol. The number of fused-ring (bicyclic) bond motifs is 1. The van der Waals surface area contributed by atoms with Gasteiger partial charge in [-0.05, 0) is 30.3 Å². The third-order valence-electron chi connectivity index (χ3n) is 5.34. The van der Waals surface area contributed by atoms with Gasteiger partial charge in [-0.25, -0.2) is 17.8 Å². The molecule has 0 spiro atoms. The van der Waals surface area contributed by atoms with Gasteiger partial charge >= 0.3 is 0 Å². The number of hydrogen-bond acceptors (Lipinski definition) is 7. The highest BCUT2D eigenvalue weighted by Gasteiger charge is 2.35. The Balaban J connectivity index is 1.49. The number of benzene rings is 1. The molecule has 0 saturated carbocycles. The summed E-state index contributed by atoms with van der Waals surface area (Å²) in [5.41, 5.74) is 1.35. The van der Waals surface area contributed by atoms with Crippen molar-refractivity contribution in [3.8, 4) is 11.3 Å². The van der Waals surface area contributed by atoms with Crippen molar-refractivity contribution in [2.75, 3.05) is 13.2 Å². The molecule has 9 nitrogen and oxygen atoms in total. The molecule has 1 aliphatic heterocycles. The summed E-state index contributed by atoms with van der Waals surface area (Å²) >= 11 is 0. The fraction of sp³-hybridized carbons (Fsp3) is 0.182. The molecule has 1 aliphatic rings. The van der Waals surface area contributed by atoms with Crippen molar-refractivity contribution in [3.05, 3.63) is 83.5 Å². The van der Waals surface area contributed by atoms with Crippen LogP contribution in [0.5, 0.6) is 0 Å². The summed E-state index contributed by atoms with van der Waals surface area (Å²) in [4.78, 5) is 21.0. The molecule has 1 saturated heterocycles. The number of nitrogens with zero attached hydrogens (tertiary/aromatic N) is 4. The van der Waals surface area contributed by atoms with Crippen molar-refractivity contribution in [1.82, 2.24) is 24.5 Å². The van der Waals surface area contributed by atoms with Crippen molar-refractivity contribution >= 4 is 20.9 Å². The van der Waals surface area contributed by atoms with E-state index in [1.165, 1.54) is 16.8 Å². The van der Waals surface area contributed by atoms with Crippen LogP contribution < -0.4 is 10.3 Å². The van der Waals surface area contributed by atoms with Crippen molar-refractivity contribution in [2.45, 2.75) is 17.0 Å². The van der Waals surface area contributed by atoms with Gasteiger partial charge in [0.05, 0.1) is 36.5 Å². The standard InChI is InChI=1S/C22H19N5O4S/c28-21-9-8-17(16-6-2-10-23-12-16)25-27(21)19-14-31-13-18(19)26-32(29,30)20-7-1-4-15-5-3-11-24-22(15)20/h1-12,18-19,26H,13-14H2. The van der Waals surface area contributed by atoms with Gasteiger partial charge < -0.3 is 4.74 Å². The first kappa shape index (κ1) is 20.4. The van der Waals surface area contributed by atoms with Crippen LogP contribution in [0, 0.1) is 0 Å². The minimum Gasteiger partial charge on any atom is -0.377 e. The Morgan fingerprint density at radius 1 is 1.00 bits per heavy atom. The first-order valence-electron chi connectivity index (χ1n) is 9.97. The SMILES string of the molecule is O=c1ccc(-c2cccnc2)nn1C1COCC1NS(=O)(=O)c1cccc2cccnc12. The molecular formula is C22H19N5O4S. The zero-order valence-electron chi connectivity index (χ0n) is 16.8. The van der Waals surface area contributed by atoms with E-state index in [4.69, 9.17) is 4.74 Å². The number of ether oxygens (including phenoxy) is 1. The predicted molar refractivity (Wildman–Crippen MR) is 117 cm³/mol. The molecule has 2 atom stereocenters. The van der Waals surface area contributed by atoms with Crippen molar-refractivity contribution in [2.24, 2.45) is 0 Å². The molecule has 4 aromatic rings. The smallest absolute Gasteiger partial charge is 0.267 e. The Hall–Kier alpha value is -3.47. The van der Waals surface area contributed by atoms with Crippen molar-refractivity contribution in [3.63, 3.8) is 0 Å². The van der Waals surface area contributed by atoms with E-state index in [-0.39, 0.29) is 23.7 Å². The summed E-state index contributed by atoms with van der Waals surface area (Å²) in [6.45, 7) is 0.276. The zero-order valence-corrected chi connectivity index (χ0v) is 17.6. The number of para-hydroxylation sites is 1. The molecule has 2 unspecified atom stereocenters. The highest BCUT2D eigenvalue weighted by atomic mass is 32.2. The number of sulfonamides is 1. The van der Waals surface area contributed by atoms with Crippen LogP contribution in [0.15, 0.2) is 82.9 Å². The summed E-state index contributed by atoms with van der Waals surface area (Å²) in [6, 6.07) is 13.9. The van der Waals surface area contributed by atoms with Crippen LogP contribution >= 0.6 is 0 Å². The summed E-state index contributed by atoms with van der Waals surface area (Å²) in [5, 5.41) is 5.18. The molecule has 5 rings (SSSR count). The topological polar surface area (TPSA) is 116 Å². The molecule has 32 heavy (non-hydrogen) atoms. The molecule has 1 aromatic carbocycles. The summed E-state index contributed by atoms with van der Waals surface area (Å²) in [6.07, 6.45) is 4.85. The van der Waals surface area contributed by atoms with Crippen LogP contribution in [0.3, 0.4) is 0 Å². The van der Waals surface area contributed by atoms with E-state index < -0.39 is 22.1 Å². The molecule has 0 radical (unpaired) electrons. The monoisotopic (exact) mass is 449 g/mol. The van der Waals surface area contributed by atoms with Crippen LogP contribution in [-0.2, 0) is 14.8 Å². The second-order valence-corrected chi connectivity index (χ2v) is 9.09. The molecule has 1 N–H and O–H groups in total. The van der Waals surface area contributed by atoms with Gasteiger partial charge in [-0.1, -0.05) is 18.2 Å². The Morgan fingerprint density at radius 2 is 1.84 bits per heavy atom. The van der Waals surface area contributed by atoms with E-state index in [0.717, 1.165) is 10.9 Å². The average Bonchev–Trinajstić information content (AvgIpc) is 3.26. The molecule has 0 bridgehead atoms. The molecule has 4 heterocycles. The number of pyridine rings is 2. The maximum absolute atomic E-state index is 13.2. The quantitative estimate of drug-likeness (QED) is 0.494. The molecule has 0 aliphatic carbocycles. The van der Waals surface area contributed by atoms with E-state index in [1.807, 2.05) is 6.07 Å². The second kappa shape index (κ2) is 8.23. The molecule has 1 fully saturated rings. The summed E-state index contributed by atoms with van der Waals surface area (Å²) in [7, 11) is -3.93. The lowest BCUT2D eigenvalue weighted by Crippen LogP contribution is -2.44. The molecule has 3 aromatic heterocycles. The van der Waals surface area contributed by atoms with Crippen LogP contribution in [0.25, 0.3) is 22.2 Å². The van der Waals surface area contributed by atoms with Crippen molar-refractivity contribution < 1.29 is 13.2 Å². The van der Waals surface area contributed by atoms with E-state index >= 15 is 0 Å². The van der Waals surface area contributed by atoms with E-state index in [1.54, 1.807) is 55.0 Å². The Labute approximate surface area is 183 Å². The lowest BCUT2D eigenvalue weighted by molar-refractivity contribution is 0.182. The fourth-order valence-corrected chi connectivity index (χ4v) is 5.22. The second-order valence-electron chi connectivity index (χ2n) is 7.41. The highest BCUT2D eigenvalue weighted by molar-refractivity contribution is 7.89. The minimum atomic E-state index is -3.93. The first-order valence-corrected chi connectivity index (χ1v) is 11.5. The van der Waals surface area contributed by atoms with Gasteiger partial charge in [0.2, 0.25) is 10.0 Å². The summed E-state index contributed by atoms with van der Waals surface area (Å²) < 4.78 is 36.0. The third kappa shape index (κ3) is 3.79. The number of rotatable bonds is 5. The molecule has 10 heteroatoms. The predicted octanol–water partition coefficient (Wildman–Crippen LogP) is 1.77. The first-order chi connectivity index (χ1) is 15.5. The Bertz CT molecular complexity index is 1430. The van der Waals surface area contributed by atoms with Crippen molar-refractivity contribution in [1.29, 1.82) is 0 Å². The lowest BCUT2D eigenvalue weighted by Gasteiger charge is -2.21. The van der Waals surface area contributed by atoms with Crippen LogP contribution in [0.1, 0.15) is 6.04 Å². The van der Waals surface area contributed by atoms with Gasteiger partial charge in [-0.3, -0.25) is 14.8 Å². The summed E-state index contributed by atoms with van der Waals surface area (Å²) in [5.74, 6) is 0. The fourth-order valence-electron chi connectivity index (χ4n) is 3.78.